The van der Waals surface area contributed by atoms with E-state index < -0.39 is 0 Å². The molecule has 3 rings (SSSR count). The summed E-state index contributed by atoms with van der Waals surface area (Å²) in [6.45, 7) is 8.26. The number of ether oxygens (including phenoxy) is 1. The van der Waals surface area contributed by atoms with Gasteiger partial charge in [0.25, 0.3) is 0 Å². The Balaban J connectivity index is 0.00000280. The van der Waals surface area contributed by atoms with Crippen LogP contribution < -0.4 is 5.32 Å². The van der Waals surface area contributed by atoms with Gasteiger partial charge in [0, 0.05) is 45.7 Å². The van der Waals surface area contributed by atoms with E-state index in [4.69, 9.17) is 4.74 Å². The maximum Gasteiger partial charge on any atom is 0.194 e. The van der Waals surface area contributed by atoms with Crippen molar-refractivity contribution < 1.29 is 4.74 Å². The van der Waals surface area contributed by atoms with Crippen LogP contribution in [0, 0.1) is 6.92 Å². The number of hydrogen-bond donors (Lipinski definition) is 1. The van der Waals surface area contributed by atoms with E-state index in [1.807, 2.05) is 21.0 Å². The smallest absolute Gasteiger partial charge is 0.194 e. The molecule has 0 bridgehead atoms. The summed E-state index contributed by atoms with van der Waals surface area (Å²) in [6, 6.07) is 8.83. The van der Waals surface area contributed by atoms with Crippen molar-refractivity contribution in [2.24, 2.45) is 4.99 Å². The van der Waals surface area contributed by atoms with Crippen molar-refractivity contribution in [3.05, 3.63) is 51.5 Å². The number of hydrogen-bond acceptors (Lipinski definition) is 5. The molecule has 2 aromatic rings. The van der Waals surface area contributed by atoms with E-state index in [-0.39, 0.29) is 24.0 Å². The average molecular weight is 515 g/mol. The molecule has 0 unspecified atom stereocenters. The second kappa shape index (κ2) is 11.7. The molecule has 0 amide bonds. The predicted octanol–water partition coefficient (Wildman–Crippen LogP) is 3.11. The van der Waals surface area contributed by atoms with Gasteiger partial charge in [-0.1, -0.05) is 24.3 Å². The van der Waals surface area contributed by atoms with E-state index in [2.05, 4.69) is 54.7 Å². The van der Waals surface area contributed by atoms with Crippen molar-refractivity contribution in [1.29, 1.82) is 0 Å². The van der Waals surface area contributed by atoms with E-state index in [1.54, 1.807) is 11.3 Å². The van der Waals surface area contributed by atoms with Crippen molar-refractivity contribution in [3.63, 3.8) is 0 Å². The number of nitrogens with one attached hydrogen (secondary N) is 1. The molecule has 1 aliphatic rings. The van der Waals surface area contributed by atoms with E-state index >= 15 is 0 Å². The quantitative estimate of drug-likeness (QED) is 0.364. The predicted molar refractivity (Wildman–Crippen MR) is 126 cm³/mol. The number of halogens is 1. The number of thiazole rings is 1. The SMILES string of the molecule is CN=C(NCc1ccc(CN2CCOCC2)cc1)N(C)Cc1csc(C)n1.I. The standard InChI is InChI=1S/C20H29N5OS.HI/c1-16-23-19(15-27-16)14-24(3)20(21-2)22-12-17-4-6-18(7-5-17)13-25-8-10-26-11-9-25;/h4-7,15H,8-14H2,1-3H3,(H,21,22);1H. The summed E-state index contributed by atoms with van der Waals surface area (Å²) < 4.78 is 5.41. The monoisotopic (exact) mass is 515 g/mol. The lowest BCUT2D eigenvalue weighted by atomic mass is 10.1. The first-order valence-electron chi connectivity index (χ1n) is 9.35. The molecule has 1 aromatic heterocycles. The summed E-state index contributed by atoms with van der Waals surface area (Å²) >= 11 is 1.68. The van der Waals surface area contributed by atoms with Crippen LogP contribution in [0.25, 0.3) is 0 Å². The molecule has 0 radical (unpaired) electrons. The molecule has 0 aliphatic carbocycles. The van der Waals surface area contributed by atoms with Gasteiger partial charge in [0.2, 0.25) is 0 Å². The van der Waals surface area contributed by atoms with Crippen molar-refractivity contribution in [3.8, 4) is 0 Å². The molecule has 0 atom stereocenters. The minimum absolute atomic E-state index is 0. The van der Waals surface area contributed by atoms with Gasteiger partial charge in [-0.3, -0.25) is 9.89 Å². The van der Waals surface area contributed by atoms with Gasteiger partial charge < -0.3 is 15.0 Å². The lowest BCUT2D eigenvalue weighted by Crippen LogP contribution is -2.38. The lowest BCUT2D eigenvalue weighted by molar-refractivity contribution is 0.0342. The van der Waals surface area contributed by atoms with Gasteiger partial charge in [-0.25, -0.2) is 4.98 Å². The summed E-state index contributed by atoms with van der Waals surface area (Å²) in [5.74, 6) is 0.873. The molecule has 1 N–H and O–H groups in total. The van der Waals surface area contributed by atoms with Crippen molar-refractivity contribution in [2.75, 3.05) is 40.4 Å². The van der Waals surface area contributed by atoms with Crippen LogP contribution in [0.4, 0.5) is 0 Å². The van der Waals surface area contributed by atoms with E-state index in [0.717, 1.165) is 62.6 Å². The molecule has 1 aliphatic heterocycles. The highest BCUT2D eigenvalue weighted by Gasteiger charge is 2.11. The second-order valence-electron chi connectivity index (χ2n) is 6.82. The topological polar surface area (TPSA) is 53.0 Å². The van der Waals surface area contributed by atoms with E-state index in [9.17, 15) is 0 Å². The Labute approximate surface area is 189 Å². The van der Waals surface area contributed by atoms with Crippen LogP contribution in [0.15, 0.2) is 34.6 Å². The number of aromatic nitrogens is 1. The minimum Gasteiger partial charge on any atom is -0.379 e. The Hall–Kier alpha value is -1.23. The summed E-state index contributed by atoms with van der Waals surface area (Å²) in [5, 5.41) is 6.64. The molecule has 1 aromatic carbocycles. The largest absolute Gasteiger partial charge is 0.379 e. The van der Waals surface area contributed by atoms with Crippen LogP contribution >= 0.6 is 35.3 Å². The van der Waals surface area contributed by atoms with Crippen LogP contribution in [0.2, 0.25) is 0 Å². The van der Waals surface area contributed by atoms with Crippen LogP contribution in [0.1, 0.15) is 21.8 Å². The number of guanidine groups is 1. The normalized spacial score (nSPS) is 15.2. The number of benzene rings is 1. The molecule has 0 spiro atoms. The Bertz CT molecular complexity index is 743. The molecular formula is C20H30IN5OS. The van der Waals surface area contributed by atoms with Crippen molar-refractivity contribution in [2.45, 2.75) is 26.6 Å². The first kappa shape index (κ1) is 23.1. The zero-order valence-electron chi connectivity index (χ0n) is 16.9. The maximum atomic E-state index is 5.41. The molecule has 6 nitrogen and oxygen atoms in total. The molecule has 0 saturated carbocycles. The minimum atomic E-state index is 0. The molecule has 1 fully saturated rings. The molecule has 28 heavy (non-hydrogen) atoms. The fourth-order valence-corrected chi connectivity index (χ4v) is 3.75. The van der Waals surface area contributed by atoms with Gasteiger partial charge in [0.1, 0.15) is 0 Å². The Morgan fingerprint density at radius 2 is 1.93 bits per heavy atom. The second-order valence-corrected chi connectivity index (χ2v) is 7.88. The molecule has 8 heteroatoms. The fraction of sp³-hybridized carbons (Fsp3) is 0.500. The fourth-order valence-electron chi connectivity index (χ4n) is 3.14. The Kier molecular flexibility index (Phi) is 9.63. The van der Waals surface area contributed by atoms with Crippen LogP contribution in [-0.2, 0) is 24.4 Å². The maximum absolute atomic E-state index is 5.41. The van der Waals surface area contributed by atoms with E-state index in [0.29, 0.717) is 0 Å². The first-order chi connectivity index (χ1) is 13.1. The van der Waals surface area contributed by atoms with E-state index in [1.165, 1.54) is 11.1 Å². The summed E-state index contributed by atoms with van der Waals surface area (Å²) in [5.41, 5.74) is 3.68. The van der Waals surface area contributed by atoms with Gasteiger partial charge in [-0.2, -0.15) is 0 Å². The van der Waals surface area contributed by atoms with Gasteiger partial charge >= 0.3 is 0 Å². The van der Waals surface area contributed by atoms with Crippen LogP contribution in [0.5, 0.6) is 0 Å². The zero-order chi connectivity index (χ0) is 19.1. The van der Waals surface area contributed by atoms with Crippen LogP contribution in [0.3, 0.4) is 0 Å². The summed E-state index contributed by atoms with van der Waals surface area (Å²) in [4.78, 5) is 13.5. The Morgan fingerprint density at radius 3 is 2.54 bits per heavy atom. The third-order valence-corrected chi connectivity index (χ3v) is 5.44. The van der Waals surface area contributed by atoms with Crippen molar-refractivity contribution in [1.82, 2.24) is 20.1 Å². The summed E-state index contributed by atoms with van der Waals surface area (Å²) in [7, 11) is 3.85. The van der Waals surface area contributed by atoms with Gasteiger partial charge in [-0.15, -0.1) is 35.3 Å². The van der Waals surface area contributed by atoms with Crippen molar-refractivity contribution >= 4 is 41.3 Å². The summed E-state index contributed by atoms with van der Waals surface area (Å²) in [6.07, 6.45) is 0. The number of rotatable bonds is 6. The van der Waals surface area contributed by atoms with Gasteiger partial charge in [-0.05, 0) is 18.1 Å². The van der Waals surface area contributed by atoms with Gasteiger partial charge in [0.15, 0.2) is 5.96 Å². The Morgan fingerprint density at radius 1 is 1.25 bits per heavy atom. The van der Waals surface area contributed by atoms with Crippen LogP contribution in [-0.4, -0.2) is 61.1 Å². The first-order valence-corrected chi connectivity index (χ1v) is 10.2. The highest BCUT2D eigenvalue weighted by molar-refractivity contribution is 14.0. The highest BCUT2D eigenvalue weighted by Crippen LogP contribution is 2.11. The molecule has 154 valence electrons. The number of aliphatic imine (C=N–C) groups is 1. The molecule has 1 saturated heterocycles. The third kappa shape index (κ3) is 6.98. The molecular weight excluding hydrogens is 485 g/mol. The number of aryl methyl sites for hydroxylation is 1. The number of morpholine rings is 1. The van der Waals surface area contributed by atoms with Gasteiger partial charge in [0.05, 0.1) is 30.5 Å². The number of nitrogens with zero attached hydrogens (tertiary/aromatic N) is 4. The zero-order valence-corrected chi connectivity index (χ0v) is 20.0. The lowest BCUT2D eigenvalue weighted by Gasteiger charge is -2.26. The average Bonchev–Trinajstić information content (AvgIpc) is 3.09. The highest BCUT2D eigenvalue weighted by atomic mass is 127. The third-order valence-electron chi connectivity index (χ3n) is 4.62. The molecule has 2 heterocycles.